The third-order valence-corrected chi connectivity index (χ3v) is 6.87. The van der Waals surface area contributed by atoms with Gasteiger partial charge < -0.3 is 41.1 Å². The molecule has 1 aliphatic rings. The van der Waals surface area contributed by atoms with E-state index in [4.69, 9.17) is 25.4 Å². The van der Waals surface area contributed by atoms with Gasteiger partial charge >= 0.3 is 11.9 Å². The fourth-order valence-electron chi connectivity index (χ4n) is 4.60. The fraction of sp³-hybridized carbons (Fsp3) is 0.519. The highest BCUT2D eigenvalue weighted by Gasteiger charge is 2.29. The number of benzene rings is 1. The third-order valence-electron chi connectivity index (χ3n) is 6.87. The molecule has 0 spiro atoms. The van der Waals surface area contributed by atoms with Gasteiger partial charge in [-0.15, -0.1) is 0 Å². The van der Waals surface area contributed by atoms with Gasteiger partial charge in [0.15, 0.2) is 12.2 Å². The molecule has 0 radical (unpaired) electrons. The lowest BCUT2D eigenvalue weighted by molar-refractivity contribution is -0.165. The molecular formula is C27H40N6O7. The van der Waals surface area contributed by atoms with Gasteiger partial charge in [0, 0.05) is 12.7 Å². The van der Waals surface area contributed by atoms with E-state index in [2.05, 4.69) is 58.2 Å². The van der Waals surface area contributed by atoms with Crippen molar-refractivity contribution in [3.05, 3.63) is 35.2 Å². The van der Waals surface area contributed by atoms with Crippen molar-refractivity contribution in [1.29, 1.82) is 0 Å². The van der Waals surface area contributed by atoms with Gasteiger partial charge in [-0.05, 0) is 89.7 Å². The minimum Gasteiger partial charge on any atom is -0.479 e. The molecule has 8 N–H and O–H groups in total. The topological polar surface area (TPSA) is 216 Å². The molecule has 1 saturated heterocycles. The van der Waals surface area contributed by atoms with Crippen LogP contribution in [0.25, 0.3) is 22.4 Å². The minimum absolute atomic E-state index is 0. The highest BCUT2D eigenvalue weighted by molar-refractivity contribution is 5.83. The number of aliphatic hydroxyl groups is 2. The first-order valence-corrected chi connectivity index (χ1v) is 13.0. The van der Waals surface area contributed by atoms with Gasteiger partial charge in [0.1, 0.15) is 5.82 Å². The number of nitrogens with zero attached hydrogens (tertiary/aromatic N) is 4. The number of aliphatic hydroxyl groups excluding tert-OH is 2. The summed E-state index contributed by atoms with van der Waals surface area (Å²) < 4.78 is 0. The Balaban J connectivity index is 0.000000439. The number of carboxylic acid groups (broad SMARTS) is 2. The lowest BCUT2D eigenvalue weighted by Crippen LogP contribution is -2.39. The van der Waals surface area contributed by atoms with E-state index in [-0.39, 0.29) is 5.48 Å². The molecule has 0 bridgehead atoms. The van der Waals surface area contributed by atoms with Crippen LogP contribution in [0.1, 0.15) is 42.5 Å². The third kappa shape index (κ3) is 8.68. The smallest absolute Gasteiger partial charge is 0.335 e. The van der Waals surface area contributed by atoms with Gasteiger partial charge in [0.25, 0.3) is 0 Å². The van der Waals surface area contributed by atoms with E-state index in [0.29, 0.717) is 5.95 Å². The van der Waals surface area contributed by atoms with Gasteiger partial charge in [-0.1, -0.05) is 6.07 Å². The molecule has 13 heteroatoms. The zero-order valence-electron chi connectivity index (χ0n) is 23.3. The van der Waals surface area contributed by atoms with Crippen molar-refractivity contribution >= 4 is 28.9 Å². The number of fused-ring (bicyclic) bond motifs is 1. The van der Waals surface area contributed by atoms with E-state index < -0.39 is 24.1 Å². The highest BCUT2D eigenvalue weighted by atomic mass is 16.4. The van der Waals surface area contributed by atoms with Gasteiger partial charge in [0.05, 0.1) is 22.3 Å². The number of aryl methyl sites for hydroxylation is 3. The van der Waals surface area contributed by atoms with E-state index >= 15 is 0 Å². The zero-order chi connectivity index (χ0) is 28.7. The molecule has 0 aliphatic carbocycles. The predicted octanol–water partition coefficient (Wildman–Crippen LogP) is 1.53. The molecule has 1 aromatic carbocycles. The maximum atomic E-state index is 9.77. The summed E-state index contributed by atoms with van der Waals surface area (Å²) in [5.41, 5.74) is 6.39. The second-order valence-corrected chi connectivity index (χ2v) is 10.1. The Hall–Kier alpha value is -3.65. The Labute approximate surface area is 232 Å². The molecule has 0 saturated carbocycles. The van der Waals surface area contributed by atoms with Crippen LogP contribution in [0.2, 0.25) is 0 Å². The minimum atomic E-state index is -2.27. The first kappa shape index (κ1) is 32.6. The van der Waals surface area contributed by atoms with E-state index in [9.17, 15) is 9.59 Å². The first-order valence-electron chi connectivity index (χ1n) is 13.0. The van der Waals surface area contributed by atoms with Gasteiger partial charge in [-0.3, -0.25) is 0 Å². The number of hydrogen-bond donors (Lipinski definition) is 6. The van der Waals surface area contributed by atoms with E-state index in [0.717, 1.165) is 40.6 Å². The summed E-state index contributed by atoms with van der Waals surface area (Å²) in [7, 11) is 2.22. The number of carboxylic acids is 2. The van der Waals surface area contributed by atoms with Crippen molar-refractivity contribution in [2.24, 2.45) is 5.92 Å². The van der Waals surface area contributed by atoms with Crippen molar-refractivity contribution in [2.75, 3.05) is 32.0 Å². The number of carbonyl (C=O) groups is 2. The Morgan fingerprint density at radius 1 is 1.07 bits per heavy atom. The maximum absolute atomic E-state index is 9.77. The molecule has 3 aromatic rings. The average molecular weight is 561 g/mol. The van der Waals surface area contributed by atoms with Crippen LogP contribution >= 0.6 is 0 Å². The van der Waals surface area contributed by atoms with Gasteiger partial charge in [-0.25, -0.2) is 24.5 Å². The lowest BCUT2D eigenvalue weighted by Gasteiger charge is -2.28. The standard InChI is InChI=1S/C23H32N6.C4H6O6.H2O/c1-15-12-16(2)21-20(13-15)27-22(28-21)19-14-25-23(26-17(19)3)24-9-5-6-18-7-10-29(4)11-8-18;5-1(3(7)8)2(6)4(9)10;/h12-14,18H,5-11H2,1-4H3,(H,27,28)(H,24,25,26);1-2,5-6H,(H,7,8)(H,9,10);1H2. The Kier molecular flexibility index (Phi) is 11.9. The van der Waals surface area contributed by atoms with Crippen LogP contribution in [0.5, 0.6) is 0 Å². The summed E-state index contributed by atoms with van der Waals surface area (Å²) in [5.74, 6) is -1.12. The molecule has 1 fully saturated rings. The van der Waals surface area contributed by atoms with Crippen LogP contribution in [-0.4, -0.2) is 102 Å². The maximum Gasteiger partial charge on any atom is 0.335 e. The molecule has 220 valence electrons. The van der Waals surface area contributed by atoms with E-state index in [1.54, 1.807) is 0 Å². The number of aromatic nitrogens is 4. The Bertz CT molecular complexity index is 1270. The molecular weight excluding hydrogens is 520 g/mol. The quantitative estimate of drug-likeness (QED) is 0.206. The van der Waals surface area contributed by atoms with Crippen molar-refractivity contribution in [2.45, 2.75) is 58.7 Å². The number of nitrogens with one attached hydrogen (secondary N) is 2. The van der Waals surface area contributed by atoms with Crippen LogP contribution in [-0.2, 0) is 9.59 Å². The van der Waals surface area contributed by atoms with Crippen molar-refractivity contribution in [1.82, 2.24) is 24.8 Å². The number of aliphatic carboxylic acids is 2. The summed E-state index contributed by atoms with van der Waals surface area (Å²) in [5, 5.41) is 35.9. The summed E-state index contributed by atoms with van der Waals surface area (Å²) >= 11 is 0. The second-order valence-electron chi connectivity index (χ2n) is 10.1. The monoisotopic (exact) mass is 560 g/mol. The number of imidazole rings is 1. The number of hydrogen-bond acceptors (Lipinski definition) is 9. The molecule has 0 amide bonds. The second kappa shape index (κ2) is 14.7. The molecule has 4 rings (SSSR count). The summed E-state index contributed by atoms with van der Waals surface area (Å²) in [6.07, 6.45) is 2.46. The number of piperidine rings is 1. The summed E-state index contributed by atoms with van der Waals surface area (Å²) in [6.45, 7) is 9.63. The normalized spacial score (nSPS) is 15.4. The molecule has 13 nitrogen and oxygen atoms in total. The largest absolute Gasteiger partial charge is 0.479 e. The molecule has 1 aliphatic heterocycles. The SMILES string of the molecule is Cc1cc(C)c2nc(-c3cnc(NCCCC4CCN(C)CC4)nc3C)[nH]c2c1.O.O=C(O)C(O)C(O)C(=O)O. The van der Waals surface area contributed by atoms with Crippen molar-refractivity contribution in [3.8, 4) is 11.4 Å². The number of aromatic amines is 1. The van der Waals surface area contributed by atoms with Crippen molar-refractivity contribution < 1.29 is 35.5 Å². The molecule has 2 aromatic heterocycles. The first-order chi connectivity index (χ1) is 18.5. The number of H-pyrrole nitrogens is 1. The average Bonchev–Trinajstić information content (AvgIpc) is 3.31. The van der Waals surface area contributed by atoms with E-state index in [1.807, 2.05) is 13.1 Å². The zero-order valence-corrected chi connectivity index (χ0v) is 23.3. The van der Waals surface area contributed by atoms with Gasteiger partial charge in [0.2, 0.25) is 5.95 Å². The Morgan fingerprint density at radius 2 is 1.70 bits per heavy atom. The summed E-state index contributed by atoms with van der Waals surface area (Å²) in [6, 6.07) is 4.30. The van der Waals surface area contributed by atoms with Crippen LogP contribution in [0.4, 0.5) is 5.95 Å². The predicted molar refractivity (Wildman–Crippen MR) is 150 cm³/mol. The van der Waals surface area contributed by atoms with Crippen LogP contribution in [0.3, 0.4) is 0 Å². The number of anilines is 1. The highest BCUT2D eigenvalue weighted by Crippen LogP contribution is 2.25. The Morgan fingerprint density at radius 3 is 2.27 bits per heavy atom. The summed E-state index contributed by atoms with van der Waals surface area (Å²) in [4.78, 5) is 39.4. The van der Waals surface area contributed by atoms with Crippen LogP contribution < -0.4 is 5.32 Å². The number of likely N-dealkylation sites (tertiary alicyclic amines) is 1. The molecule has 3 heterocycles. The molecule has 2 atom stereocenters. The van der Waals surface area contributed by atoms with Gasteiger partial charge in [-0.2, -0.15) is 0 Å². The van der Waals surface area contributed by atoms with Crippen LogP contribution in [0.15, 0.2) is 18.3 Å². The van der Waals surface area contributed by atoms with Crippen molar-refractivity contribution in [3.63, 3.8) is 0 Å². The lowest BCUT2D eigenvalue weighted by atomic mass is 9.92. The van der Waals surface area contributed by atoms with E-state index in [1.165, 1.54) is 49.9 Å². The fourth-order valence-corrected chi connectivity index (χ4v) is 4.60. The molecule has 40 heavy (non-hydrogen) atoms. The number of rotatable bonds is 9. The molecule has 2 unspecified atom stereocenters. The van der Waals surface area contributed by atoms with Crippen LogP contribution in [0, 0.1) is 26.7 Å².